The van der Waals surface area contributed by atoms with Crippen LogP contribution in [0.15, 0.2) is 48.5 Å². The van der Waals surface area contributed by atoms with Gasteiger partial charge in [0.15, 0.2) is 0 Å². The highest BCUT2D eigenvalue weighted by Crippen LogP contribution is 2.51. The molecular weight excluding hydrogens is 566 g/mol. The molecule has 2 aliphatic heterocycles. The van der Waals surface area contributed by atoms with Crippen molar-refractivity contribution in [3.05, 3.63) is 75.9 Å². The Morgan fingerprint density at radius 1 is 0.977 bits per heavy atom. The molecule has 5 heterocycles. The van der Waals surface area contributed by atoms with Crippen LogP contribution in [0.4, 0.5) is 5.13 Å². The van der Waals surface area contributed by atoms with E-state index in [1.54, 1.807) is 17.0 Å². The summed E-state index contributed by atoms with van der Waals surface area (Å²) < 4.78 is 6.23. The molecule has 3 N–H and O–H groups in total. The van der Waals surface area contributed by atoms with Crippen LogP contribution in [0.5, 0.6) is 11.8 Å². The van der Waals surface area contributed by atoms with E-state index in [9.17, 15) is 14.4 Å². The average molecular weight is 598 g/mol. The van der Waals surface area contributed by atoms with Crippen LogP contribution in [0.3, 0.4) is 0 Å². The second kappa shape index (κ2) is 10.8. The molecule has 6 rings (SSSR count). The molecular formula is C31H31N7O4S. The minimum atomic E-state index is -0.937. The maximum atomic E-state index is 13.6. The third-order valence-corrected chi connectivity index (χ3v) is 8.81. The molecule has 11 nitrogen and oxygen atoms in total. The van der Waals surface area contributed by atoms with Crippen molar-refractivity contribution in [2.75, 3.05) is 11.9 Å². The number of ether oxygens (including phenoxy) is 1. The Kier molecular flexibility index (Phi) is 7.17. The van der Waals surface area contributed by atoms with Gasteiger partial charge in [-0.2, -0.15) is 0 Å². The summed E-state index contributed by atoms with van der Waals surface area (Å²) in [5, 5.41) is 12.2. The molecule has 1 fully saturated rings. The Bertz CT molecular complexity index is 1750. The van der Waals surface area contributed by atoms with Gasteiger partial charge in [-0.25, -0.2) is 9.97 Å². The van der Waals surface area contributed by atoms with Gasteiger partial charge < -0.3 is 20.7 Å². The van der Waals surface area contributed by atoms with Crippen LogP contribution in [0, 0.1) is 19.3 Å². The number of nitrogens with zero attached hydrogens (tertiary/aromatic N) is 5. The second-order valence-electron chi connectivity index (χ2n) is 11.4. The topological polar surface area (TPSA) is 153 Å². The number of amides is 3. The van der Waals surface area contributed by atoms with Gasteiger partial charge in [-0.3, -0.25) is 14.4 Å². The number of hydrogen-bond donors (Lipinski definition) is 2. The van der Waals surface area contributed by atoms with Crippen LogP contribution >= 0.6 is 11.3 Å². The molecule has 3 aromatic heterocycles. The summed E-state index contributed by atoms with van der Waals surface area (Å²) in [5.74, 6) is -0.559. The highest BCUT2D eigenvalue weighted by Gasteiger charge is 2.45. The zero-order valence-corrected chi connectivity index (χ0v) is 25.1. The number of nitrogens with two attached hydrogens (primary N) is 1. The number of carbonyl (C=O) groups is 3. The van der Waals surface area contributed by atoms with Gasteiger partial charge in [0.1, 0.15) is 11.0 Å². The maximum absolute atomic E-state index is 13.6. The van der Waals surface area contributed by atoms with E-state index in [1.165, 1.54) is 11.3 Å². The smallest absolute Gasteiger partial charge is 0.254 e. The fourth-order valence-electron chi connectivity index (χ4n) is 5.79. The third-order valence-electron chi connectivity index (χ3n) is 8.06. The highest BCUT2D eigenvalue weighted by atomic mass is 32.1. The number of fused-ring (bicyclic) bond motifs is 2. The number of aromatic nitrogens is 4. The van der Waals surface area contributed by atoms with E-state index in [0.29, 0.717) is 41.1 Å². The van der Waals surface area contributed by atoms with Gasteiger partial charge in [-0.05, 0) is 51.0 Å². The number of likely N-dealkylation sites (tertiary alicyclic amines) is 1. The lowest BCUT2D eigenvalue weighted by Gasteiger charge is -2.37. The van der Waals surface area contributed by atoms with Crippen LogP contribution in [0.1, 0.15) is 64.8 Å². The molecule has 0 unspecified atom stereocenters. The molecule has 43 heavy (non-hydrogen) atoms. The van der Waals surface area contributed by atoms with E-state index in [4.69, 9.17) is 15.5 Å². The van der Waals surface area contributed by atoms with E-state index in [0.717, 1.165) is 33.8 Å². The SMILES string of the molecule is Cc1ccc2c(n1)Oc1nc(-c3ccc(C(=O)N4CCC[C@@H]4C(N)=O)cc3)ccc1[C@@H]2C(C)(C)C(=O)Nc1nnc(C)s1. The highest BCUT2D eigenvalue weighted by molar-refractivity contribution is 7.15. The molecule has 4 aromatic rings. The lowest BCUT2D eigenvalue weighted by Crippen LogP contribution is -2.43. The van der Waals surface area contributed by atoms with E-state index < -0.39 is 23.3 Å². The summed E-state index contributed by atoms with van der Waals surface area (Å²) in [5.41, 5.74) is 8.78. The maximum Gasteiger partial charge on any atom is 0.254 e. The van der Waals surface area contributed by atoms with Crippen molar-refractivity contribution in [2.24, 2.45) is 11.1 Å². The third kappa shape index (κ3) is 5.22. The molecule has 0 saturated carbocycles. The molecule has 12 heteroatoms. The monoisotopic (exact) mass is 597 g/mol. The summed E-state index contributed by atoms with van der Waals surface area (Å²) in [7, 11) is 0. The van der Waals surface area contributed by atoms with Gasteiger partial charge in [0.05, 0.1) is 11.1 Å². The van der Waals surface area contributed by atoms with Gasteiger partial charge in [0.25, 0.3) is 5.91 Å². The first-order chi connectivity index (χ1) is 20.5. The summed E-state index contributed by atoms with van der Waals surface area (Å²) in [6.07, 6.45) is 1.33. The Hall–Kier alpha value is -4.71. The minimum Gasteiger partial charge on any atom is -0.420 e. The molecule has 0 radical (unpaired) electrons. The lowest BCUT2D eigenvalue weighted by atomic mass is 9.70. The van der Waals surface area contributed by atoms with Crippen molar-refractivity contribution in [2.45, 2.75) is 52.5 Å². The van der Waals surface area contributed by atoms with Crippen LogP contribution in [-0.2, 0) is 9.59 Å². The van der Waals surface area contributed by atoms with Crippen molar-refractivity contribution in [1.29, 1.82) is 0 Å². The van der Waals surface area contributed by atoms with Crippen LogP contribution in [-0.4, -0.2) is 55.4 Å². The molecule has 0 aliphatic carbocycles. The van der Waals surface area contributed by atoms with Crippen molar-refractivity contribution in [3.8, 4) is 23.0 Å². The number of hydrogen-bond acceptors (Lipinski definition) is 9. The largest absolute Gasteiger partial charge is 0.420 e. The fraction of sp³-hybridized carbons (Fsp3) is 0.323. The quantitative estimate of drug-likeness (QED) is 0.327. The van der Waals surface area contributed by atoms with Gasteiger partial charge in [0.2, 0.25) is 28.7 Å². The van der Waals surface area contributed by atoms with E-state index in [1.807, 2.05) is 64.1 Å². The standard InChI is InChI=1S/C31H31N7O4S/c1-16-7-12-20-24(31(3,4)29(41)35-30-37-36-17(2)43-30)21-13-14-22(34-27(21)42-26(20)33-16)18-8-10-19(11-9-18)28(40)38-15-5-6-23(38)25(32)39/h7-14,23-24H,5-6,15H2,1-4H3,(H2,32,39)(H,35,37,41)/t23-,24-/m1/s1. The normalized spacial score (nSPS) is 17.5. The summed E-state index contributed by atoms with van der Waals surface area (Å²) in [6, 6.07) is 14.2. The van der Waals surface area contributed by atoms with Crippen LogP contribution < -0.4 is 15.8 Å². The van der Waals surface area contributed by atoms with Gasteiger partial charge in [-0.15, -0.1) is 10.2 Å². The Morgan fingerprint density at radius 2 is 1.67 bits per heavy atom. The number of benzene rings is 1. The van der Waals surface area contributed by atoms with Crippen LogP contribution in [0.25, 0.3) is 11.3 Å². The molecule has 2 aliphatic rings. The van der Waals surface area contributed by atoms with E-state index in [-0.39, 0.29) is 11.8 Å². The number of aryl methyl sites for hydroxylation is 2. The number of anilines is 1. The minimum absolute atomic E-state index is 0.214. The number of nitrogens with one attached hydrogen (secondary N) is 1. The predicted molar refractivity (Wildman–Crippen MR) is 161 cm³/mol. The number of primary amides is 1. The van der Waals surface area contributed by atoms with Crippen molar-refractivity contribution in [1.82, 2.24) is 25.1 Å². The first-order valence-corrected chi connectivity index (χ1v) is 14.8. The van der Waals surface area contributed by atoms with Gasteiger partial charge in [0, 0.05) is 40.4 Å². The van der Waals surface area contributed by atoms with E-state index in [2.05, 4.69) is 20.5 Å². The first-order valence-electron chi connectivity index (χ1n) is 14.0. The Labute approximate surface area is 252 Å². The predicted octanol–water partition coefficient (Wildman–Crippen LogP) is 4.60. The van der Waals surface area contributed by atoms with Crippen molar-refractivity contribution >= 4 is 34.2 Å². The number of rotatable bonds is 6. The van der Waals surface area contributed by atoms with Gasteiger partial charge >= 0.3 is 0 Å². The molecule has 0 spiro atoms. The lowest BCUT2D eigenvalue weighted by molar-refractivity contribution is -0.124. The fourth-order valence-corrected chi connectivity index (χ4v) is 6.37. The molecule has 3 amide bonds. The summed E-state index contributed by atoms with van der Waals surface area (Å²) in [6.45, 7) is 7.98. The summed E-state index contributed by atoms with van der Waals surface area (Å²) in [4.78, 5) is 49.5. The molecule has 1 aromatic carbocycles. The molecule has 220 valence electrons. The molecule has 2 atom stereocenters. The zero-order valence-electron chi connectivity index (χ0n) is 24.2. The van der Waals surface area contributed by atoms with Crippen LogP contribution in [0.2, 0.25) is 0 Å². The number of pyridine rings is 2. The van der Waals surface area contributed by atoms with Gasteiger partial charge in [-0.1, -0.05) is 49.4 Å². The second-order valence-corrected chi connectivity index (χ2v) is 12.6. The van der Waals surface area contributed by atoms with Crippen molar-refractivity contribution in [3.63, 3.8) is 0 Å². The Balaban J connectivity index is 1.32. The molecule has 0 bridgehead atoms. The van der Waals surface area contributed by atoms with E-state index >= 15 is 0 Å². The average Bonchev–Trinajstić information content (AvgIpc) is 3.64. The zero-order chi connectivity index (χ0) is 30.5. The van der Waals surface area contributed by atoms with Crippen molar-refractivity contribution < 1.29 is 19.1 Å². The Morgan fingerprint density at radius 3 is 2.35 bits per heavy atom. The molecule has 1 saturated heterocycles. The first kappa shape index (κ1) is 28.4. The number of carbonyl (C=O) groups excluding carboxylic acids is 3. The summed E-state index contributed by atoms with van der Waals surface area (Å²) >= 11 is 1.31.